The van der Waals surface area contributed by atoms with Crippen LogP contribution in [0.4, 0.5) is 0 Å². The molecule has 23 heavy (non-hydrogen) atoms. The predicted octanol–water partition coefficient (Wildman–Crippen LogP) is 3.36. The number of esters is 1. The van der Waals surface area contributed by atoms with E-state index in [4.69, 9.17) is 14.2 Å². The molecule has 0 heterocycles. The summed E-state index contributed by atoms with van der Waals surface area (Å²) in [5, 5.41) is 0. The maximum absolute atomic E-state index is 11.9. The minimum absolute atomic E-state index is 0.368. The Morgan fingerprint density at radius 1 is 1.17 bits per heavy atom. The Morgan fingerprint density at radius 2 is 1.96 bits per heavy atom. The van der Waals surface area contributed by atoms with E-state index in [1.165, 1.54) is 14.2 Å². The molecule has 2 rings (SSSR count). The molecule has 5 nitrogen and oxygen atoms in total. The van der Waals surface area contributed by atoms with E-state index in [1.54, 1.807) is 30.3 Å². The quantitative estimate of drug-likeness (QED) is 0.604. The molecule has 0 spiro atoms. The number of methoxy groups -OCH3 is 2. The van der Waals surface area contributed by atoms with Gasteiger partial charge in [0.25, 0.3) is 0 Å². The minimum Gasteiger partial charge on any atom is -0.495 e. The Hall–Kier alpha value is -2.82. The third-order valence-corrected chi connectivity index (χ3v) is 3.33. The first kappa shape index (κ1) is 16.5. The van der Waals surface area contributed by atoms with Crippen LogP contribution in [0.1, 0.15) is 27.6 Å². The summed E-state index contributed by atoms with van der Waals surface area (Å²) in [7, 11) is 2.82. The molecule has 120 valence electrons. The van der Waals surface area contributed by atoms with Crippen molar-refractivity contribution in [1.29, 1.82) is 0 Å². The lowest BCUT2D eigenvalue weighted by molar-refractivity contribution is 0.0600. The highest BCUT2D eigenvalue weighted by atomic mass is 16.5. The van der Waals surface area contributed by atoms with Crippen LogP contribution in [0.25, 0.3) is 11.1 Å². The zero-order valence-corrected chi connectivity index (χ0v) is 13.3. The van der Waals surface area contributed by atoms with E-state index in [-0.39, 0.29) is 0 Å². The van der Waals surface area contributed by atoms with Gasteiger partial charge in [0.2, 0.25) is 0 Å². The molecule has 0 fully saturated rings. The highest BCUT2D eigenvalue weighted by Crippen LogP contribution is 2.35. The van der Waals surface area contributed by atoms with E-state index in [0.29, 0.717) is 40.4 Å². The number of para-hydroxylation sites is 1. The largest absolute Gasteiger partial charge is 0.495 e. The van der Waals surface area contributed by atoms with E-state index in [2.05, 4.69) is 0 Å². The fraction of sp³-hybridized carbons (Fsp3) is 0.222. The van der Waals surface area contributed by atoms with Crippen LogP contribution in [0.15, 0.2) is 36.4 Å². The summed E-state index contributed by atoms with van der Waals surface area (Å²) in [4.78, 5) is 23.0. The lowest BCUT2D eigenvalue weighted by Crippen LogP contribution is -2.03. The number of carbonyl (C=O) groups excluding carboxylic acids is 2. The predicted molar refractivity (Wildman–Crippen MR) is 86.3 cm³/mol. The summed E-state index contributed by atoms with van der Waals surface area (Å²) in [5.41, 5.74) is 2.21. The van der Waals surface area contributed by atoms with Crippen molar-refractivity contribution in [2.45, 2.75) is 6.92 Å². The molecule has 0 unspecified atom stereocenters. The van der Waals surface area contributed by atoms with Gasteiger partial charge in [-0.2, -0.15) is 0 Å². The number of ether oxygens (including phenoxy) is 3. The SMILES string of the molecule is CCOc1cc(C(=O)OC)cc(-c2cccc(C=O)c2OC)c1. The Labute approximate surface area is 134 Å². The van der Waals surface area contributed by atoms with Crippen LogP contribution in [0, 0.1) is 0 Å². The van der Waals surface area contributed by atoms with Gasteiger partial charge in [-0.1, -0.05) is 12.1 Å². The fourth-order valence-electron chi connectivity index (χ4n) is 2.34. The van der Waals surface area contributed by atoms with Crippen molar-refractivity contribution in [2.24, 2.45) is 0 Å². The van der Waals surface area contributed by atoms with Gasteiger partial charge in [0.1, 0.15) is 11.5 Å². The van der Waals surface area contributed by atoms with Crippen LogP contribution in [0.3, 0.4) is 0 Å². The Balaban J connectivity index is 2.65. The Morgan fingerprint density at radius 3 is 2.57 bits per heavy atom. The molecule has 0 bridgehead atoms. The summed E-state index contributed by atoms with van der Waals surface area (Å²) < 4.78 is 15.7. The molecule has 0 saturated carbocycles. The highest BCUT2D eigenvalue weighted by molar-refractivity contribution is 5.93. The molecule has 0 radical (unpaired) electrons. The van der Waals surface area contributed by atoms with Gasteiger partial charge >= 0.3 is 5.97 Å². The van der Waals surface area contributed by atoms with Crippen molar-refractivity contribution < 1.29 is 23.8 Å². The maximum Gasteiger partial charge on any atom is 0.338 e. The lowest BCUT2D eigenvalue weighted by atomic mass is 9.99. The first-order chi connectivity index (χ1) is 11.1. The number of carbonyl (C=O) groups is 2. The third-order valence-electron chi connectivity index (χ3n) is 3.33. The van der Waals surface area contributed by atoms with E-state index in [9.17, 15) is 9.59 Å². The van der Waals surface area contributed by atoms with Crippen molar-refractivity contribution >= 4 is 12.3 Å². The van der Waals surface area contributed by atoms with Crippen LogP contribution < -0.4 is 9.47 Å². The molecular formula is C18H18O5. The van der Waals surface area contributed by atoms with Gasteiger partial charge < -0.3 is 14.2 Å². The standard InChI is InChI=1S/C18H18O5/c1-4-23-15-9-13(8-14(10-15)18(20)22-3)16-7-5-6-12(11-19)17(16)21-2/h5-11H,4H2,1-3H3. The van der Waals surface area contributed by atoms with Gasteiger partial charge in [0, 0.05) is 5.56 Å². The van der Waals surface area contributed by atoms with Gasteiger partial charge in [-0.05, 0) is 36.8 Å². The number of hydrogen-bond donors (Lipinski definition) is 0. The summed E-state index contributed by atoms with van der Waals surface area (Å²) in [5.74, 6) is 0.536. The summed E-state index contributed by atoms with van der Waals surface area (Å²) in [6, 6.07) is 10.3. The van der Waals surface area contributed by atoms with Gasteiger partial charge in [-0.25, -0.2) is 4.79 Å². The number of rotatable bonds is 6. The third kappa shape index (κ3) is 3.51. The van der Waals surface area contributed by atoms with Crippen molar-refractivity contribution in [1.82, 2.24) is 0 Å². The Bertz CT molecular complexity index is 721. The topological polar surface area (TPSA) is 61.8 Å². The molecular weight excluding hydrogens is 296 g/mol. The highest BCUT2D eigenvalue weighted by Gasteiger charge is 2.15. The number of aldehydes is 1. The maximum atomic E-state index is 11.9. The Kier molecular flexibility index (Phi) is 5.36. The van der Waals surface area contributed by atoms with Crippen LogP contribution in [0.5, 0.6) is 11.5 Å². The first-order valence-corrected chi connectivity index (χ1v) is 7.13. The normalized spacial score (nSPS) is 10.0. The minimum atomic E-state index is -0.460. The molecule has 0 aliphatic heterocycles. The molecule has 2 aromatic carbocycles. The molecule has 0 aliphatic rings. The molecule has 0 amide bonds. The van der Waals surface area contributed by atoms with E-state index < -0.39 is 5.97 Å². The molecule has 0 N–H and O–H groups in total. The van der Waals surface area contributed by atoms with Gasteiger partial charge in [-0.3, -0.25) is 4.79 Å². The van der Waals surface area contributed by atoms with Crippen molar-refractivity contribution in [3.05, 3.63) is 47.5 Å². The smallest absolute Gasteiger partial charge is 0.338 e. The van der Waals surface area contributed by atoms with Gasteiger partial charge in [-0.15, -0.1) is 0 Å². The van der Waals surface area contributed by atoms with E-state index >= 15 is 0 Å². The molecule has 0 aliphatic carbocycles. The van der Waals surface area contributed by atoms with E-state index in [0.717, 1.165) is 6.29 Å². The second kappa shape index (κ2) is 7.45. The summed E-state index contributed by atoms with van der Waals surface area (Å²) in [6.45, 7) is 2.33. The molecule has 0 atom stereocenters. The summed E-state index contributed by atoms with van der Waals surface area (Å²) >= 11 is 0. The first-order valence-electron chi connectivity index (χ1n) is 7.13. The zero-order valence-electron chi connectivity index (χ0n) is 13.3. The number of hydrogen-bond acceptors (Lipinski definition) is 5. The van der Waals surface area contributed by atoms with Crippen molar-refractivity contribution in [2.75, 3.05) is 20.8 Å². The zero-order chi connectivity index (χ0) is 16.8. The van der Waals surface area contributed by atoms with Crippen LogP contribution in [0.2, 0.25) is 0 Å². The van der Waals surface area contributed by atoms with Gasteiger partial charge in [0.05, 0.1) is 32.0 Å². The second-order valence-corrected chi connectivity index (χ2v) is 4.72. The molecule has 5 heteroatoms. The average Bonchev–Trinajstić information content (AvgIpc) is 2.60. The van der Waals surface area contributed by atoms with Crippen LogP contribution in [-0.2, 0) is 4.74 Å². The van der Waals surface area contributed by atoms with Crippen LogP contribution in [-0.4, -0.2) is 33.1 Å². The van der Waals surface area contributed by atoms with Gasteiger partial charge in [0.15, 0.2) is 6.29 Å². The van der Waals surface area contributed by atoms with Crippen molar-refractivity contribution in [3.63, 3.8) is 0 Å². The van der Waals surface area contributed by atoms with Crippen LogP contribution >= 0.6 is 0 Å². The molecule has 2 aromatic rings. The van der Waals surface area contributed by atoms with E-state index in [1.807, 2.05) is 13.0 Å². The summed E-state index contributed by atoms with van der Waals surface area (Å²) in [6.07, 6.45) is 0.732. The number of benzene rings is 2. The lowest BCUT2D eigenvalue weighted by Gasteiger charge is -2.13. The second-order valence-electron chi connectivity index (χ2n) is 4.72. The average molecular weight is 314 g/mol. The molecule has 0 saturated heterocycles. The fourth-order valence-corrected chi connectivity index (χ4v) is 2.34. The molecule has 0 aromatic heterocycles. The van der Waals surface area contributed by atoms with Crippen molar-refractivity contribution in [3.8, 4) is 22.6 Å². The monoisotopic (exact) mass is 314 g/mol.